The Labute approximate surface area is 99.8 Å². The van der Waals surface area contributed by atoms with Crippen molar-refractivity contribution in [1.82, 2.24) is 4.98 Å². The molecule has 0 spiro atoms. The van der Waals surface area contributed by atoms with Crippen LogP contribution in [-0.2, 0) is 0 Å². The minimum Gasteiger partial charge on any atom is -0.497 e. The van der Waals surface area contributed by atoms with Crippen LogP contribution in [0.3, 0.4) is 0 Å². The summed E-state index contributed by atoms with van der Waals surface area (Å²) in [5, 5.41) is 10.7. The number of hydrogen-bond donors (Lipinski definition) is 1. The van der Waals surface area contributed by atoms with E-state index >= 15 is 0 Å². The molecule has 2 rings (SSSR count). The monoisotopic (exact) mass is 233 g/mol. The summed E-state index contributed by atoms with van der Waals surface area (Å²) in [6.07, 6.45) is 0. The molecule has 1 aromatic carbocycles. The second-order valence-electron chi connectivity index (χ2n) is 3.73. The van der Waals surface area contributed by atoms with Crippen molar-refractivity contribution in [2.75, 3.05) is 20.3 Å². The zero-order valence-electron chi connectivity index (χ0n) is 9.93. The summed E-state index contributed by atoms with van der Waals surface area (Å²) < 4.78 is 10.6. The Balaban J connectivity index is 2.53. The van der Waals surface area contributed by atoms with Crippen LogP contribution in [0.1, 0.15) is 5.69 Å². The lowest BCUT2D eigenvalue weighted by molar-refractivity contribution is 0.198. The summed E-state index contributed by atoms with van der Waals surface area (Å²) in [7, 11) is 1.62. The highest BCUT2D eigenvalue weighted by molar-refractivity contribution is 5.88. The van der Waals surface area contributed by atoms with Gasteiger partial charge in [0.25, 0.3) is 0 Å². The van der Waals surface area contributed by atoms with E-state index in [9.17, 15) is 0 Å². The van der Waals surface area contributed by atoms with E-state index in [1.54, 1.807) is 7.11 Å². The van der Waals surface area contributed by atoms with Gasteiger partial charge in [0, 0.05) is 11.1 Å². The topological polar surface area (TPSA) is 51.6 Å². The van der Waals surface area contributed by atoms with Crippen molar-refractivity contribution in [2.45, 2.75) is 6.92 Å². The van der Waals surface area contributed by atoms with E-state index in [0.717, 1.165) is 22.2 Å². The second-order valence-corrected chi connectivity index (χ2v) is 3.73. The van der Waals surface area contributed by atoms with E-state index in [-0.39, 0.29) is 13.2 Å². The molecule has 0 unspecified atom stereocenters. The third-order valence-corrected chi connectivity index (χ3v) is 2.46. The summed E-state index contributed by atoms with van der Waals surface area (Å²) in [6.45, 7) is 2.12. The summed E-state index contributed by atoms with van der Waals surface area (Å²) >= 11 is 0. The van der Waals surface area contributed by atoms with Gasteiger partial charge in [-0.15, -0.1) is 0 Å². The van der Waals surface area contributed by atoms with Crippen LogP contribution in [0.15, 0.2) is 24.3 Å². The van der Waals surface area contributed by atoms with E-state index in [0.29, 0.717) is 5.88 Å². The van der Waals surface area contributed by atoms with E-state index in [1.807, 2.05) is 31.2 Å². The Morgan fingerprint density at radius 1 is 1.29 bits per heavy atom. The number of methoxy groups -OCH3 is 1. The van der Waals surface area contributed by atoms with Crippen LogP contribution < -0.4 is 9.47 Å². The van der Waals surface area contributed by atoms with Crippen LogP contribution in [0.4, 0.5) is 0 Å². The number of nitrogens with zero attached hydrogens (tertiary/aromatic N) is 1. The van der Waals surface area contributed by atoms with Crippen LogP contribution in [0.2, 0.25) is 0 Å². The molecule has 4 nitrogen and oxygen atoms in total. The summed E-state index contributed by atoms with van der Waals surface area (Å²) in [5.74, 6) is 1.30. The molecule has 0 saturated carbocycles. The fourth-order valence-corrected chi connectivity index (χ4v) is 1.70. The van der Waals surface area contributed by atoms with Crippen molar-refractivity contribution in [3.8, 4) is 11.6 Å². The molecule has 0 radical (unpaired) electrons. The predicted molar refractivity (Wildman–Crippen MR) is 65.6 cm³/mol. The molecule has 0 amide bonds. The van der Waals surface area contributed by atoms with Crippen molar-refractivity contribution in [2.24, 2.45) is 0 Å². The molecular weight excluding hydrogens is 218 g/mol. The molecule has 17 heavy (non-hydrogen) atoms. The highest BCUT2D eigenvalue weighted by atomic mass is 16.5. The van der Waals surface area contributed by atoms with Crippen LogP contribution in [0.25, 0.3) is 10.8 Å². The van der Waals surface area contributed by atoms with Crippen LogP contribution in [0.5, 0.6) is 11.6 Å². The lowest BCUT2D eigenvalue weighted by atomic mass is 10.1. The first-order valence-corrected chi connectivity index (χ1v) is 5.43. The first-order chi connectivity index (χ1) is 8.24. The van der Waals surface area contributed by atoms with Gasteiger partial charge in [-0.3, -0.25) is 0 Å². The van der Waals surface area contributed by atoms with Crippen molar-refractivity contribution >= 4 is 10.8 Å². The van der Waals surface area contributed by atoms with Crippen LogP contribution >= 0.6 is 0 Å². The van der Waals surface area contributed by atoms with Crippen molar-refractivity contribution in [3.05, 3.63) is 30.0 Å². The first-order valence-electron chi connectivity index (χ1n) is 5.43. The Hall–Kier alpha value is -1.81. The number of benzene rings is 1. The molecule has 0 aliphatic heterocycles. The maximum atomic E-state index is 8.79. The number of aryl methyl sites for hydroxylation is 1. The number of aliphatic hydroxyl groups excluding tert-OH is 1. The molecule has 0 bridgehead atoms. The van der Waals surface area contributed by atoms with Gasteiger partial charge in [-0.2, -0.15) is 0 Å². The highest BCUT2D eigenvalue weighted by Gasteiger charge is 2.06. The fraction of sp³-hybridized carbons (Fsp3) is 0.308. The number of ether oxygens (including phenoxy) is 2. The average Bonchev–Trinajstić information content (AvgIpc) is 2.35. The standard InChI is InChI=1S/C13H15NO3/c1-9-7-10-3-4-11(16-2)8-12(10)13(14-9)17-6-5-15/h3-4,7-8,15H,5-6H2,1-2H3. The molecule has 0 atom stereocenters. The first kappa shape index (κ1) is 11.7. The van der Waals surface area contributed by atoms with E-state index < -0.39 is 0 Å². The number of hydrogen-bond acceptors (Lipinski definition) is 4. The van der Waals surface area contributed by atoms with Gasteiger partial charge >= 0.3 is 0 Å². The lowest BCUT2D eigenvalue weighted by Crippen LogP contribution is -2.04. The molecule has 1 N–H and O–H groups in total. The van der Waals surface area contributed by atoms with Gasteiger partial charge < -0.3 is 14.6 Å². The molecule has 0 aliphatic carbocycles. The van der Waals surface area contributed by atoms with Crippen LogP contribution in [-0.4, -0.2) is 30.4 Å². The minimum atomic E-state index is -0.0267. The fourth-order valence-electron chi connectivity index (χ4n) is 1.70. The number of rotatable bonds is 4. The molecule has 0 saturated heterocycles. The van der Waals surface area contributed by atoms with Gasteiger partial charge in [-0.05, 0) is 30.5 Å². The van der Waals surface area contributed by atoms with Gasteiger partial charge in [-0.1, -0.05) is 6.07 Å². The third kappa shape index (κ3) is 2.47. The Kier molecular flexibility index (Phi) is 3.44. The number of fused-ring (bicyclic) bond motifs is 1. The van der Waals surface area contributed by atoms with E-state index in [2.05, 4.69) is 4.98 Å². The quantitative estimate of drug-likeness (QED) is 0.876. The Bertz CT molecular complexity index is 525. The Morgan fingerprint density at radius 2 is 2.12 bits per heavy atom. The highest BCUT2D eigenvalue weighted by Crippen LogP contribution is 2.28. The minimum absolute atomic E-state index is 0.0267. The predicted octanol–water partition coefficient (Wildman–Crippen LogP) is 1.92. The van der Waals surface area contributed by atoms with Crippen LogP contribution in [0, 0.1) is 6.92 Å². The maximum absolute atomic E-state index is 8.79. The van der Waals surface area contributed by atoms with Gasteiger partial charge in [-0.25, -0.2) is 4.98 Å². The lowest BCUT2D eigenvalue weighted by Gasteiger charge is -2.09. The molecule has 0 aliphatic rings. The zero-order chi connectivity index (χ0) is 12.3. The molecule has 0 fully saturated rings. The molecule has 90 valence electrons. The summed E-state index contributed by atoms with van der Waals surface area (Å²) in [5.41, 5.74) is 0.885. The number of aromatic nitrogens is 1. The zero-order valence-corrected chi connectivity index (χ0v) is 9.93. The molecule has 2 aromatic rings. The van der Waals surface area contributed by atoms with Crippen molar-refractivity contribution < 1.29 is 14.6 Å². The van der Waals surface area contributed by atoms with Gasteiger partial charge in [0.1, 0.15) is 12.4 Å². The van der Waals surface area contributed by atoms with E-state index in [1.165, 1.54) is 0 Å². The molecule has 1 aromatic heterocycles. The molecule has 1 heterocycles. The Morgan fingerprint density at radius 3 is 2.82 bits per heavy atom. The normalized spacial score (nSPS) is 10.5. The van der Waals surface area contributed by atoms with Gasteiger partial charge in [0.15, 0.2) is 0 Å². The third-order valence-electron chi connectivity index (χ3n) is 2.46. The largest absolute Gasteiger partial charge is 0.497 e. The van der Waals surface area contributed by atoms with Gasteiger partial charge in [0.2, 0.25) is 5.88 Å². The molecular formula is C13H15NO3. The second kappa shape index (κ2) is 5.01. The summed E-state index contributed by atoms with van der Waals surface area (Å²) in [4.78, 5) is 4.33. The number of pyridine rings is 1. The summed E-state index contributed by atoms with van der Waals surface area (Å²) in [6, 6.07) is 7.74. The van der Waals surface area contributed by atoms with Gasteiger partial charge in [0.05, 0.1) is 13.7 Å². The maximum Gasteiger partial charge on any atom is 0.221 e. The SMILES string of the molecule is COc1ccc2cc(C)nc(OCCO)c2c1. The van der Waals surface area contributed by atoms with E-state index in [4.69, 9.17) is 14.6 Å². The number of aliphatic hydroxyl groups is 1. The smallest absolute Gasteiger partial charge is 0.221 e. The van der Waals surface area contributed by atoms with Crippen molar-refractivity contribution in [1.29, 1.82) is 0 Å². The van der Waals surface area contributed by atoms with Crippen molar-refractivity contribution in [3.63, 3.8) is 0 Å². The molecule has 4 heteroatoms. The average molecular weight is 233 g/mol.